The third-order valence-electron chi connectivity index (χ3n) is 2.29. The molecule has 1 aromatic heterocycles. The van der Waals surface area contributed by atoms with E-state index in [9.17, 15) is 9.00 Å². The van der Waals surface area contributed by atoms with Gasteiger partial charge in [-0.2, -0.15) is 0 Å². The molecule has 1 aliphatic rings. The lowest BCUT2D eigenvalue weighted by Gasteiger charge is -1.97. The molecule has 4 nitrogen and oxygen atoms in total. The summed E-state index contributed by atoms with van der Waals surface area (Å²) in [4.78, 5) is 11.5. The zero-order valence-corrected chi connectivity index (χ0v) is 9.90. The molecule has 0 aliphatic carbocycles. The highest BCUT2D eigenvalue weighted by atomic mass is 32.2. The Morgan fingerprint density at radius 3 is 2.53 bits per heavy atom. The van der Waals surface area contributed by atoms with Gasteiger partial charge in [0.1, 0.15) is 11.8 Å². The minimum Gasteiger partial charge on any atom is -0.464 e. The molecule has 0 unspecified atom stereocenters. The maximum absolute atomic E-state index is 11.5. The van der Waals surface area contributed by atoms with Crippen molar-refractivity contribution in [1.29, 1.82) is 0 Å². The highest BCUT2D eigenvalue weighted by Crippen LogP contribution is 2.09. The molecule has 0 saturated carbocycles. The van der Waals surface area contributed by atoms with E-state index in [0.29, 0.717) is 16.5 Å². The number of fused-ring (bicyclic) bond motifs is 1. The van der Waals surface area contributed by atoms with Crippen LogP contribution < -0.4 is 5.43 Å². The highest BCUT2D eigenvalue weighted by Gasteiger charge is 2.11. The van der Waals surface area contributed by atoms with Gasteiger partial charge in [-0.3, -0.25) is 9.00 Å². The average Bonchev–Trinajstić information content (AvgIpc) is 3.13. The predicted molar refractivity (Wildman–Crippen MR) is 66.3 cm³/mol. The van der Waals surface area contributed by atoms with E-state index in [1.54, 1.807) is 24.3 Å². The first-order valence-corrected chi connectivity index (χ1v) is 6.66. The Labute approximate surface area is 100 Å². The Morgan fingerprint density at radius 1 is 1.29 bits per heavy atom. The van der Waals surface area contributed by atoms with Gasteiger partial charge in [-0.25, -0.2) is 0 Å². The third-order valence-corrected chi connectivity index (χ3v) is 3.03. The van der Waals surface area contributed by atoms with Crippen LogP contribution in [0.15, 0.2) is 39.7 Å². The summed E-state index contributed by atoms with van der Waals surface area (Å²) in [6, 6.07) is 6.96. The summed E-state index contributed by atoms with van der Waals surface area (Å²) in [5.41, 5.74) is 0.674. The van der Waals surface area contributed by atoms with E-state index in [1.807, 2.05) is 0 Å². The van der Waals surface area contributed by atoms with Gasteiger partial charge in [-0.05, 0) is 12.1 Å². The SMILES string of the molecule is O=S1CC1.O=c1c(CO)coc2ccccc12. The lowest BCUT2D eigenvalue weighted by atomic mass is 10.2. The third kappa shape index (κ3) is 3.01. The summed E-state index contributed by atoms with van der Waals surface area (Å²) in [5.74, 6) is 1.92. The fourth-order valence-electron chi connectivity index (χ4n) is 1.26. The monoisotopic (exact) mass is 252 g/mol. The van der Waals surface area contributed by atoms with Crippen molar-refractivity contribution >= 4 is 21.8 Å². The number of benzene rings is 1. The van der Waals surface area contributed by atoms with Gasteiger partial charge >= 0.3 is 0 Å². The van der Waals surface area contributed by atoms with Crippen LogP contribution in [0.2, 0.25) is 0 Å². The molecule has 1 saturated heterocycles. The minimum absolute atomic E-state index is 0.163. The van der Waals surface area contributed by atoms with Gasteiger partial charge in [0, 0.05) is 22.3 Å². The van der Waals surface area contributed by atoms with Gasteiger partial charge in [-0.15, -0.1) is 0 Å². The van der Waals surface area contributed by atoms with Crippen molar-refractivity contribution in [2.75, 3.05) is 11.5 Å². The van der Waals surface area contributed by atoms with Gasteiger partial charge in [0.25, 0.3) is 0 Å². The zero-order chi connectivity index (χ0) is 12.3. The van der Waals surface area contributed by atoms with Crippen molar-refractivity contribution in [2.24, 2.45) is 0 Å². The Hall–Kier alpha value is -1.46. The molecule has 3 rings (SSSR count). The topological polar surface area (TPSA) is 67.5 Å². The van der Waals surface area contributed by atoms with Crippen molar-refractivity contribution in [1.82, 2.24) is 0 Å². The second-order valence-corrected chi connectivity index (χ2v) is 5.29. The smallest absolute Gasteiger partial charge is 0.198 e. The number of aliphatic hydroxyl groups excluding tert-OH is 1. The van der Waals surface area contributed by atoms with E-state index in [4.69, 9.17) is 9.52 Å². The predicted octanol–water partition coefficient (Wildman–Crippen LogP) is 1.03. The van der Waals surface area contributed by atoms with Crippen LogP contribution in [0.1, 0.15) is 5.56 Å². The number of aliphatic hydroxyl groups is 1. The molecule has 2 aromatic rings. The molecule has 2 heterocycles. The minimum atomic E-state index is -0.361. The van der Waals surface area contributed by atoms with Crippen molar-refractivity contribution < 1.29 is 13.7 Å². The molecule has 0 radical (unpaired) electrons. The molecule has 5 heteroatoms. The van der Waals surface area contributed by atoms with Crippen molar-refractivity contribution in [3.05, 3.63) is 46.3 Å². The second kappa shape index (κ2) is 5.25. The Morgan fingerprint density at radius 2 is 1.94 bits per heavy atom. The van der Waals surface area contributed by atoms with E-state index in [1.165, 1.54) is 6.26 Å². The molecule has 0 amide bonds. The quantitative estimate of drug-likeness (QED) is 0.770. The normalized spacial score (nSPS) is 14.2. The van der Waals surface area contributed by atoms with Crippen LogP contribution in [0.3, 0.4) is 0 Å². The van der Waals surface area contributed by atoms with Gasteiger partial charge in [0.05, 0.1) is 17.6 Å². The van der Waals surface area contributed by atoms with Gasteiger partial charge in [-0.1, -0.05) is 12.1 Å². The molecule has 1 N–H and O–H groups in total. The molecule has 0 atom stereocenters. The molecule has 1 aromatic carbocycles. The molecule has 0 spiro atoms. The van der Waals surface area contributed by atoms with Gasteiger partial charge in [0.15, 0.2) is 5.43 Å². The van der Waals surface area contributed by atoms with Gasteiger partial charge in [0.2, 0.25) is 0 Å². The van der Waals surface area contributed by atoms with Crippen LogP contribution in [0.25, 0.3) is 11.0 Å². The summed E-state index contributed by atoms with van der Waals surface area (Å²) >= 11 is 0. The van der Waals surface area contributed by atoms with Crippen LogP contribution in [0, 0.1) is 0 Å². The van der Waals surface area contributed by atoms with Crippen LogP contribution >= 0.6 is 0 Å². The van der Waals surface area contributed by atoms with Crippen LogP contribution in [-0.4, -0.2) is 20.8 Å². The molecule has 90 valence electrons. The Balaban J connectivity index is 0.000000228. The summed E-state index contributed by atoms with van der Waals surface area (Å²) in [6.45, 7) is -0.285. The van der Waals surface area contributed by atoms with E-state index in [-0.39, 0.29) is 22.8 Å². The summed E-state index contributed by atoms with van der Waals surface area (Å²) in [5, 5.41) is 9.33. The summed E-state index contributed by atoms with van der Waals surface area (Å²) in [6.07, 6.45) is 1.30. The summed E-state index contributed by atoms with van der Waals surface area (Å²) < 4.78 is 14.8. The number of rotatable bonds is 1. The first-order valence-electron chi connectivity index (χ1n) is 5.17. The fraction of sp³-hybridized carbons (Fsp3) is 0.250. The number of para-hydroxylation sites is 1. The van der Waals surface area contributed by atoms with E-state index >= 15 is 0 Å². The maximum atomic E-state index is 11.5. The lowest BCUT2D eigenvalue weighted by molar-refractivity contribution is 0.277. The lowest BCUT2D eigenvalue weighted by Crippen LogP contribution is -2.07. The Kier molecular flexibility index (Phi) is 3.71. The number of hydrogen-bond donors (Lipinski definition) is 1. The molecule has 0 bridgehead atoms. The largest absolute Gasteiger partial charge is 0.464 e. The van der Waals surface area contributed by atoms with Crippen LogP contribution in [0.5, 0.6) is 0 Å². The molecule has 17 heavy (non-hydrogen) atoms. The van der Waals surface area contributed by atoms with Crippen LogP contribution in [-0.2, 0) is 17.4 Å². The fourth-order valence-corrected chi connectivity index (χ4v) is 1.53. The van der Waals surface area contributed by atoms with E-state index in [0.717, 1.165) is 11.5 Å². The van der Waals surface area contributed by atoms with Crippen molar-refractivity contribution in [3.8, 4) is 0 Å². The van der Waals surface area contributed by atoms with Gasteiger partial charge < -0.3 is 9.52 Å². The first kappa shape index (κ1) is 12.0. The zero-order valence-electron chi connectivity index (χ0n) is 9.09. The number of hydrogen-bond acceptors (Lipinski definition) is 4. The molecular formula is C12H12O4S. The molecular weight excluding hydrogens is 240 g/mol. The van der Waals surface area contributed by atoms with E-state index in [2.05, 4.69) is 0 Å². The molecule has 1 fully saturated rings. The van der Waals surface area contributed by atoms with E-state index < -0.39 is 0 Å². The van der Waals surface area contributed by atoms with Crippen molar-refractivity contribution in [3.63, 3.8) is 0 Å². The maximum Gasteiger partial charge on any atom is 0.198 e. The van der Waals surface area contributed by atoms with Crippen LogP contribution in [0.4, 0.5) is 0 Å². The highest BCUT2D eigenvalue weighted by molar-refractivity contribution is 7.92. The average molecular weight is 252 g/mol. The summed E-state index contributed by atoms with van der Waals surface area (Å²) in [7, 11) is -0.361. The van der Waals surface area contributed by atoms with Crippen molar-refractivity contribution in [2.45, 2.75) is 6.61 Å². The Bertz CT molecular complexity index is 597. The first-order chi connectivity index (χ1) is 8.22. The second-order valence-electron chi connectivity index (χ2n) is 3.59. The standard InChI is InChI=1S/C10H8O3.C2H4OS/c11-5-7-6-13-9-4-2-1-3-8(9)10(7)12;3-4-1-2-4/h1-4,6,11H,5H2;1-2H2. The molecule has 1 aliphatic heterocycles.